The number of carboxylic acid groups (broad SMARTS) is 1. The summed E-state index contributed by atoms with van der Waals surface area (Å²) in [5.41, 5.74) is 0.872. The van der Waals surface area contributed by atoms with Gasteiger partial charge in [-0.2, -0.15) is 0 Å². The number of nitrogens with one attached hydrogen (secondary N) is 1. The van der Waals surface area contributed by atoms with Crippen LogP contribution in [0.25, 0.3) is 11.4 Å². The van der Waals surface area contributed by atoms with Crippen molar-refractivity contribution in [2.45, 2.75) is 25.7 Å². The Morgan fingerprint density at radius 1 is 0.949 bits per heavy atom. The van der Waals surface area contributed by atoms with Gasteiger partial charge in [-0.25, -0.2) is 27.5 Å². The van der Waals surface area contributed by atoms with E-state index in [1.165, 1.54) is 50.2 Å². The molecular weight excluding hydrogens is 520 g/mol. The molecule has 4 aromatic rings. The first-order valence-corrected chi connectivity index (χ1v) is 13.4. The Balaban J connectivity index is 1.97. The molecule has 0 atom stereocenters. The van der Waals surface area contributed by atoms with Gasteiger partial charge in [-0.15, -0.1) is 0 Å². The Morgan fingerprint density at radius 2 is 1.59 bits per heavy atom. The Morgan fingerprint density at radius 3 is 2.15 bits per heavy atom. The number of aryl methyl sites for hydroxylation is 1. The van der Waals surface area contributed by atoms with Crippen LogP contribution in [0.3, 0.4) is 0 Å². The van der Waals surface area contributed by atoms with Crippen molar-refractivity contribution < 1.29 is 27.9 Å². The zero-order valence-electron chi connectivity index (χ0n) is 21.5. The number of aromatic carboxylic acids is 1. The highest BCUT2D eigenvalue weighted by molar-refractivity contribution is 7.93. The molecule has 0 bridgehead atoms. The van der Waals surface area contributed by atoms with E-state index >= 15 is 0 Å². The van der Waals surface area contributed by atoms with Gasteiger partial charge in [-0.05, 0) is 62.4 Å². The SMILES string of the molecule is CCOc1ccc(N(c2nc(-c3ccccc3)nc(C)c2C(=O)O)S(=O)(=O)c2ccc(NC(C)=O)cc2)cc1. The van der Waals surface area contributed by atoms with Gasteiger partial charge in [0.15, 0.2) is 11.6 Å². The third-order valence-corrected chi connectivity index (χ3v) is 7.34. The maximum atomic E-state index is 14.2. The second-order valence-corrected chi connectivity index (χ2v) is 10.2. The number of aromatic nitrogens is 2. The van der Waals surface area contributed by atoms with Crippen molar-refractivity contribution in [2.24, 2.45) is 0 Å². The summed E-state index contributed by atoms with van der Waals surface area (Å²) in [6.45, 7) is 5.07. The molecule has 0 aliphatic heterocycles. The summed E-state index contributed by atoms with van der Waals surface area (Å²) in [4.78, 5) is 32.5. The zero-order chi connectivity index (χ0) is 28.2. The van der Waals surface area contributed by atoms with Gasteiger partial charge < -0.3 is 15.2 Å². The molecule has 200 valence electrons. The van der Waals surface area contributed by atoms with E-state index in [1.807, 2.05) is 13.0 Å². The average Bonchev–Trinajstić information content (AvgIpc) is 2.90. The van der Waals surface area contributed by atoms with Gasteiger partial charge in [0.2, 0.25) is 5.91 Å². The lowest BCUT2D eigenvalue weighted by atomic mass is 10.1. The van der Waals surface area contributed by atoms with Crippen LogP contribution in [0.4, 0.5) is 17.2 Å². The van der Waals surface area contributed by atoms with Crippen molar-refractivity contribution in [1.29, 1.82) is 0 Å². The number of carbonyl (C=O) groups is 2. The summed E-state index contributed by atoms with van der Waals surface area (Å²) >= 11 is 0. The highest BCUT2D eigenvalue weighted by Gasteiger charge is 2.33. The van der Waals surface area contributed by atoms with Crippen molar-refractivity contribution >= 4 is 39.1 Å². The Bertz CT molecular complexity index is 1610. The van der Waals surface area contributed by atoms with E-state index in [2.05, 4.69) is 15.3 Å². The highest BCUT2D eigenvalue weighted by Crippen LogP contribution is 2.36. The number of sulfonamides is 1. The molecule has 0 spiro atoms. The summed E-state index contributed by atoms with van der Waals surface area (Å²) in [5.74, 6) is -1.32. The summed E-state index contributed by atoms with van der Waals surface area (Å²) in [7, 11) is -4.42. The van der Waals surface area contributed by atoms with Gasteiger partial charge in [-0.1, -0.05) is 30.3 Å². The fourth-order valence-electron chi connectivity index (χ4n) is 3.91. The van der Waals surface area contributed by atoms with Crippen molar-refractivity contribution in [2.75, 3.05) is 16.2 Å². The molecule has 10 nitrogen and oxygen atoms in total. The predicted octanol–water partition coefficient (Wildman–Crippen LogP) is 5.03. The number of hydrogen-bond acceptors (Lipinski definition) is 7. The molecular formula is C28H26N4O6S. The number of rotatable bonds is 9. The van der Waals surface area contributed by atoms with Crippen molar-refractivity contribution in [3.05, 3.63) is 90.1 Å². The third kappa shape index (κ3) is 5.88. The molecule has 11 heteroatoms. The lowest BCUT2D eigenvalue weighted by Gasteiger charge is -2.26. The van der Waals surface area contributed by atoms with Gasteiger partial charge in [0.1, 0.15) is 11.3 Å². The van der Waals surface area contributed by atoms with Crippen LogP contribution in [-0.4, -0.2) is 42.0 Å². The number of hydrogen-bond donors (Lipinski definition) is 2. The van der Waals surface area contributed by atoms with Crippen molar-refractivity contribution in [3.63, 3.8) is 0 Å². The summed E-state index contributed by atoms with van der Waals surface area (Å²) < 4.78 is 34.7. The molecule has 0 aliphatic rings. The van der Waals surface area contributed by atoms with Crippen LogP contribution in [-0.2, 0) is 14.8 Å². The van der Waals surface area contributed by atoms with E-state index in [1.54, 1.807) is 36.4 Å². The summed E-state index contributed by atoms with van der Waals surface area (Å²) in [5, 5.41) is 12.7. The monoisotopic (exact) mass is 546 g/mol. The molecule has 0 fully saturated rings. The lowest BCUT2D eigenvalue weighted by Crippen LogP contribution is -2.30. The lowest BCUT2D eigenvalue weighted by molar-refractivity contribution is -0.114. The van der Waals surface area contributed by atoms with E-state index in [9.17, 15) is 23.1 Å². The first-order valence-electron chi connectivity index (χ1n) is 11.9. The molecule has 0 saturated carbocycles. The number of amides is 1. The van der Waals surface area contributed by atoms with Crippen molar-refractivity contribution in [1.82, 2.24) is 9.97 Å². The predicted molar refractivity (Wildman–Crippen MR) is 147 cm³/mol. The first kappa shape index (κ1) is 27.3. The summed E-state index contributed by atoms with van der Waals surface area (Å²) in [6.07, 6.45) is 0. The number of benzene rings is 3. The fraction of sp³-hybridized carbons (Fsp3) is 0.143. The molecule has 0 unspecified atom stereocenters. The molecule has 3 aromatic carbocycles. The van der Waals surface area contributed by atoms with E-state index in [-0.39, 0.29) is 39.4 Å². The minimum atomic E-state index is -4.42. The molecule has 0 saturated heterocycles. The minimum absolute atomic E-state index is 0.0958. The third-order valence-electron chi connectivity index (χ3n) is 5.60. The maximum Gasteiger partial charge on any atom is 0.341 e. The molecule has 1 heterocycles. The Labute approximate surface area is 226 Å². The average molecular weight is 547 g/mol. The number of nitrogens with zero attached hydrogens (tertiary/aromatic N) is 3. The van der Waals surface area contributed by atoms with E-state index in [4.69, 9.17) is 4.74 Å². The van der Waals surface area contributed by atoms with Gasteiger partial charge >= 0.3 is 5.97 Å². The van der Waals surface area contributed by atoms with Crippen LogP contribution in [0.5, 0.6) is 5.75 Å². The van der Waals surface area contributed by atoms with Gasteiger partial charge in [0.25, 0.3) is 10.0 Å². The second kappa shape index (κ2) is 11.3. The largest absolute Gasteiger partial charge is 0.494 e. The first-order chi connectivity index (χ1) is 18.6. The summed E-state index contributed by atoms with van der Waals surface area (Å²) in [6, 6.07) is 20.6. The molecule has 4 rings (SSSR count). The highest BCUT2D eigenvalue weighted by atomic mass is 32.2. The Hall–Kier alpha value is -4.77. The smallest absolute Gasteiger partial charge is 0.341 e. The number of anilines is 3. The van der Waals surface area contributed by atoms with Crippen molar-refractivity contribution in [3.8, 4) is 17.1 Å². The number of carboxylic acids is 1. The topological polar surface area (TPSA) is 139 Å². The number of carbonyl (C=O) groups excluding carboxylic acids is 1. The normalized spacial score (nSPS) is 11.1. The van der Waals surface area contributed by atoms with E-state index in [0.29, 0.717) is 23.6 Å². The van der Waals surface area contributed by atoms with Gasteiger partial charge in [0, 0.05) is 18.2 Å². The quantitative estimate of drug-likeness (QED) is 0.298. The molecule has 1 aromatic heterocycles. The standard InChI is InChI=1S/C28H26N4O6S/c1-4-38-23-14-12-22(13-15-23)32(39(36,37)24-16-10-21(11-17-24)30-19(3)33)27-25(28(34)35)18(2)29-26(31-27)20-8-6-5-7-9-20/h5-17H,4H2,1-3H3,(H,30,33)(H,34,35). The van der Waals surface area contributed by atoms with Crippen LogP contribution in [0, 0.1) is 6.92 Å². The zero-order valence-corrected chi connectivity index (χ0v) is 22.3. The number of ether oxygens (including phenoxy) is 1. The molecule has 1 amide bonds. The van der Waals surface area contributed by atoms with Gasteiger partial charge in [-0.3, -0.25) is 4.79 Å². The second-order valence-electron chi connectivity index (χ2n) is 8.40. The van der Waals surface area contributed by atoms with Gasteiger partial charge in [0.05, 0.1) is 22.9 Å². The fourth-order valence-corrected chi connectivity index (χ4v) is 5.36. The van der Waals surface area contributed by atoms with E-state index in [0.717, 1.165) is 4.31 Å². The molecule has 2 N–H and O–H groups in total. The molecule has 39 heavy (non-hydrogen) atoms. The molecule has 0 radical (unpaired) electrons. The minimum Gasteiger partial charge on any atom is -0.494 e. The van der Waals surface area contributed by atoms with Crippen LogP contribution < -0.4 is 14.4 Å². The molecule has 0 aliphatic carbocycles. The van der Waals surface area contributed by atoms with E-state index < -0.39 is 16.0 Å². The van der Waals surface area contributed by atoms with Crippen LogP contribution in [0.15, 0.2) is 83.8 Å². The Kier molecular flexibility index (Phi) is 7.91. The maximum absolute atomic E-state index is 14.2. The van der Waals surface area contributed by atoms with Crippen LogP contribution >= 0.6 is 0 Å². The van der Waals surface area contributed by atoms with Crippen LogP contribution in [0.2, 0.25) is 0 Å². The van der Waals surface area contributed by atoms with Crippen LogP contribution in [0.1, 0.15) is 29.9 Å².